The second-order valence-corrected chi connectivity index (χ2v) is 5.43. The van der Waals surface area contributed by atoms with Crippen LogP contribution in [0.5, 0.6) is 0 Å². The number of carbonyl (C=O) groups is 2. The van der Waals surface area contributed by atoms with Crippen LogP contribution in [0.1, 0.15) is 5.56 Å². The largest absolute Gasteiger partial charge is 0.329 e. The monoisotopic (exact) mass is 345 g/mol. The van der Waals surface area contributed by atoms with E-state index in [0.717, 1.165) is 5.39 Å². The lowest BCUT2D eigenvalue weighted by Crippen LogP contribution is -2.35. The SMILES string of the molecule is N#Cc1cccc(NC(=O)NCC(=O)Nc2cccc3cccnc23)c1. The molecule has 0 aliphatic heterocycles. The van der Waals surface area contributed by atoms with Crippen LogP contribution in [0.25, 0.3) is 10.9 Å². The number of hydrogen-bond donors (Lipinski definition) is 3. The molecule has 128 valence electrons. The molecule has 7 heteroatoms. The fourth-order valence-electron chi connectivity index (χ4n) is 2.40. The van der Waals surface area contributed by atoms with Crippen LogP contribution in [0.15, 0.2) is 60.8 Å². The molecule has 2 aromatic carbocycles. The van der Waals surface area contributed by atoms with E-state index in [2.05, 4.69) is 20.9 Å². The van der Waals surface area contributed by atoms with Crippen molar-refractivity contribution in [1.29, 1.82) is 5.26 Å². The number of para-hydroxylation sites is 1. The summed E-state index contributed by atoms with van der Waals surface area (Å²) in [6, 6.07) is 17.1. The smallest absolute Gasteiger partial charge is 0.319 e. The Labute approximate surface area is 149 Å². The number of nitrogens with zero attached hydrogens (tertiary/aromatic N) is 2. The summed E-state index contributed by atoms with van der Waals surface area (Å²) in [5.74, 6) is -0.371. The molecular formula is C19H15N5O2. The van der Waals surface area contributed by atoms with Crippen molar-refractivity contribution in [2.75, 3.05) is 17.2 Å². The number of amides is 3. The number of urea groups is 1. The summed E-state index contributed by atoms with van der Waals surface area (Å²) >= 11 is 0. The van der Waals surface area contributed by atoms with Crippen molar-refractivity contribution >= 4 is 34.2 Å². The highest BCUT2D eigenvalue weighted by atomic mass is 16.2. The van der Waals surface area contributed by atoms with Gasteiger partial charge in [0.05, 0.1) is 29.4 Å². The molecule has 0 aliphatic rings. The molecule has 0 saturated carbocycles. The number of fused-ring (bicyclic) bond motifs is 1. The predicted octanol–water partition coefficient (Wildman–Crippen LogP) is 2.87. The summed E-state index contributed by atoms with van der Waals surface area (Å²) < 4.78 is 0. The maximum Gasteiger partial charge on any atom is 0.319 e. The van der Waals surface area contributed by atoms with Crippen molar-refractivity contribution in [3.05, 3.63) is 66.4 Å². The van der Waals surface area contributed by atoms with Gasteiger partial charge in [-0.1, -0.05) is 24.3 Å². The summed E-state index contributed by atoms with van der Waals surface area (Å²) in [7, 11) is 0. The van der Waals surface area contributed by atoms with E-state index in [-0.39, 0.29) is 12.5 Å². The second kappa shape index (κ2) is 7.77. The maximum atomic E-state index is 12.1. The van der Waals surface area contributed by atoms with Crippen LogP contribution in [-0.4, -0.2) is 23.5 Å². The summed E-state index contributed by atoms with van der Waals surface area (Å²) in [6.45, 7) is -0.201. The summed E-state index contributed by atoms with van der Waals surface area (Å²) in [5, 5.41) is 17.5. The van der Waals surface area contributed by atoms with Crippen LogP contribution in [0.2, 0.25) is 0 Å². The van der Waals surface area contributed by atoms with Crippen molar-refractivity contribution in [2.24, 2.45) is 0 Å². The van der Waals surface area contributed by atoms with Gasteiger partial charge in [0, 0.05) is 17.3 Å². The molecule has 3 rings (SSSR count). The quantitative estimate of drug-likeness (QED) is 0.676. The zero-order chi connectivity index (χ0) is 18.4. The zero-order valence-electron chi connectivity index (χ0n) is 13.7. The number of hydrogen-bond acceptors (Lipinski definition) is 4. The first-order chi connectivity index (χ1) is 12.7. The summed E-state index contributed by atoms with van der Waals surface area (Å²) in [5.41, 5.74) is 2.17. The lowest BCUT2D eigenvalue weighted by atomic mass is 10.2. The van der Waals surface area contributed by atoms with Crippen LogP contribution < -0.4 is 16.0 Å². The molecule has 0 unspecified atom stereocenters. The van der Waals surface area contributed by atoms with E-state index in [1.807, 2.05) is 30.3 Å². The first-order valence-corrected chi connectivity index (χ1v) is 7.84. The Morgan fingerprint density at radius 1 is 1.04 bits per heavy atom. The zero-order valence-corrected chi connectivity index (χ0v) is 13.7. The van der Waals surface area contributed by atoms with Gasteiger partial charge < -0.3 is 16.0 Å². The molecule has 3 amide bonds. The van der Waals surface area contributed by atoms with Crippen molar-refractivity contribution in [3.63, 3.8) is 0 Å². The van der Waals surface area contributed by atoms with Crippen LogP contribution in [-0.2, 0) is 4.79 Å². The fraction of sp³-hybridized carbons (Fsp3) is 0.0526. The van der Waals surface area contributed by atoms with Crippen LogP contribution in [0, 0.1) is 11.3 Å². The Morgan fingerprint density at radius 3 is 2.69 bits per heavy atom. The highest BCUT2D eigenvalue weighted by Gasteiger charge is 2.09. The molecule has 0 radical (unpaired) electrons. The first kappa shape index (κ1) is 16.9. The maximum absolute atomic E-state index is 12.1. The van der Waals surface area contributed by atoms with Gasteiger partial charge in [-0.3, -0.25) is 9.78 Å². The Balaban J connectivity index is 1.56. The van der Waals surface area contributed by atoms with Crippen LogP contribution in [0.4, 0.5) is 16.2 Å². The van der Waals surface area contributed by atoms with Gasteiger partial charge in [0.2, 0.25) is 5.91 Å². The predicted molar refractivity (Wildman–Crippen MR) is 98.6 cm³/mol. The molecular weight excluding hydrogens is 330 g/mol. The number of carbonyl (C=O) groups excluding carboxylic acids is 2. The number of pyridine rings is 1. The highest BCUT2D eigenvalue weighted by molar-refractivity contribution is 6.02. The van der Waals surface area contributed by atoms with E-state index in [1.54, 1.807) is 36.5 Å². The Morgan fingerprint density at radius 2 is 1.85 bits per heavy atom. The van der Waals surface area contributed by atoms with Crippen molar-refractivity contribution in [1.82, 2.24) is 10.3 Å². The fourth-order valence-corrected chi connectivity index (χ4v) is 2.40. The van der Waals surface area contributed by atoms with Crippen LogP contribution >= 0.6 is 0 Å². The molecule has 0 fully saturated rings. The van der Waals surface area contributed by atoms with E-state index in [1.165, 1.54) is 0 Å². The first-order valence-electron chi connectivity index (χ1n) is 7.84. The topological polar surface area (TPSA) is 107 Å². The number of nitrogens with one attached hydrogen (secondary N) is 3. The molecule has 26 heavy (non-hydrogen) atoms. The molecule has 0 atom stereocenters. The third-order valence-corrected chi connectivity index (χ3v) is 3.57. The minimum Gasteiger partial charge on any atom is -0.329 e. The number of benzene rings is 2. The standard InChI is InChI=1S/C19H15N5O2/c20-11-13-4-1-7-15(10-13)23-19(26)22-12-17(25)24-16-8-2-5-14-6-3-9-21-18(14)16/h1-10H,12H2,(H,24,25)(H2,22,23,26). The molecule has 3 aromatic rings. The van der Waals surface area contributed by atoms with E-state index >= 15 is 0 Å². The third kappa shape index (κ3) is 4.13. The lowest BCUT2D eigenvalue weighted by molar-refractivity contribution is -0.115. The average Bonchev–Trinajstić information content (AvgIpc) is 2.67. The second-order valence-electron chi connectivity index (χ2n) is 5.43. The minimum atomic E-state index is -0.536. The highest BCUT2D eigenvalue weighted by Crippen LogP contribution is 2.20. The number of rotatable bonds is 4. The van der Waals surface area contributed by atoms with Gasteiger partial charge in [0.15, 0.2) is 0 Å². The van der Waals surface area contributed by atoms with E-state index in [9.17, 15) is 9.59 Å². The minimum absolute atomic E-state index is 0.201. The Bertz CT molecular complexity index is 1000. The van der Waals surface area contributed by atoms with Crippen molar-refractivity contribution in [3.8, 4) is 6.07 Å². The van der Waals surface area contributed by atoms with Crippen molar-refractivity contribution < 1.29 is 9.59 Å². The van der Waals surface area contributed by atoms with E-state index < -0.39 is 6.03 Å². The normalized spacial score (nSPS) is 9.96. The molecule has 3 N–H and O–H groups in total. The van der Waals surface area contributed by atoms with Gasteiger partial charge in [-0.25, -0.2) is 4.79 Å². The molecule has 1 aromatic heterocycles. The average molecular weight is 345 g/mol. The number of anilines is 2. The third-order valence-electron chi connectivity index (χ3n) is 3.57. The lowest BCUT2D eigenvalue weighted by Gasteiger charge is -2.10. The van der Waals surface area contributed by atoms with Gasteiger partial charge in [0.25, 0.3) is 0 Å². The molecule has 0 aliphatic carbocycles. The summed E-state index contributed by atoms with van der Waals surface area (Å²) in [6.07, 6.45) is 1.65. The molecule has 0 saturated heterocycles. The van der Waals surface area contributed by atoms with Crippen LogP contribution in [0.3, 0.4) is 0 Å². The van der Waals surface area contributed by atoms with Gasteiger partial charge >= 0.3 is 6.03 Å². The number of aromatic nitrogens is 1. The van der Waals surface area contributed by atoms with Gasteiger partial charge in [-0.05, 0) is 30.3 Å². The molecule has 0 bridgehead atoms. The van der Waals surface area contributed by atoms with Crippen molar-refractivity contribution in [2.45, 2.75) is 0 Å². The van der Waals surface area contributed by atoms with Gasteiger partial charge in [0.1, 0.15) is 0 Å². The Hall–Kier alpha value is -3.92. The molecule has 0 spiro atoms. The van der Waals surface area contributed by atoms with E-state index in [4.69, 9.17) is 5.26 Å². The van der Waals surface area contributed by atoms with Gasteiger partial charge in [-0.15, -0.1) is 0 Å². The van der Waals surface area contributed by atoms with E-state index in [0.29, 0.717) is 22.5 Å². The molecule has 7 nitrogen and oxygen atoms in total. The number of nitriles is 1. The summed E-state index contributed by atoms with van der Waals surface area (Å²) in [4.78, 5) is 28.2. The van der Waals surface area contributed by atoms with Gasteiger partial charge in [-0.2, -0.15) is 5.26 Å². The Kier molecular flexibility index (Phi) is 5.05. The molecule has 1 heterocycles.